The minimum Gasteiger partial charge on any atom is -0.451 e. The van der Waals surface area contributed by atoms with Gasteiger partial charge in [0.15, 0.2) is 17.4 Å². The summed E-state index contributed by atoms with van der Waals surface area (Å²) in [6.07, 6.45) is 0. The molecule has 2 aromatic rings. The summed E-state index contributed by atoms with van der Waals surface area (Å²) in [5, 5.41) is 7.22. The van der Waals surface area contributed by atoms with E-state index in [2.05, 4.69) is 15.6 Å². The van der Waals surface area contributed by atoms with Crippen LogP contribution in [0.3, 0.4) is 0 Å². The lowest BCUT2D eigenvalue weighted by atomic mass is 10.1. The van der Waals surface area contributed by atoms with Gasteiger partial charge in [0.05, 0.1) is 10.7 Å². The summed E-state index contributed by atoms with van der Waals surface area (Å²) in [6.45, 7) is 4.58. The van der Waals surface area contributed by atoms with E-state index in [0.717, 1.165) is 22.5 Å². The van der Waals surface area contributed by atoms with Crippen molar-refractivity contribution in [3.8, 4) is 0 Å². The molecular weight excluding hydrogens is 366 g/mol. The number of benzene rings is 1. The molecule has 1 aromatic heterocycles. The van der Waals surface area contributed by atoms with Crippen LogP contribution in [0.25, 0.3) is 0 Å². The van der Waals surface area contributed by atoms with Crippen LogP contribution in [0.5, 0.6) is 0 Å². The maximum Gasteiger partial charge on any atom is 0.358 e. The van der Waals surface area contributed by atoms with E-state index in [4.69, 9.17) is 16.3 Å². The quantitative estimate of drug-likeness (QED) is 0.775. The Balaban J connectivity index is 1.92. The summed E-state index contributed by atoms with van der Waals surface area (Å²) >= 11 is 7.20. The summed E-state index contributed by atoms with van der Waals surface area (Å²) < 4.78 is 4.92. The van der Waals surface area contributed by atoms with Gasteiger partial charge in [0.25, 0.3) is 5.91 Å². The number of ether oxygens (including phenoxy) is 1. The molecule has 2 N–H and O–H groups in total. The standard InChI is InChI=1S/C16H16ClN3O4S/c1-8-4-9(2)14(11(17)5-8)20-13(22)6-24-15(23)12-7-25-16(19-12)18-10(3)21/h4-5,7H,6H2,1-3H3,(H,20,22)(H,18,19,21). The van der Waals surface area contributed by atoms with Gasteiger partial charge < -0.3 is 15.4 Å². The van der Waals surface area contributed by atoms with E-state index in [1.54, 1.807) is 6.07 Å². The first-order valence-corrected chi connectivity index (χ1v) is 8.49. The van der Waals surface area contributed by atoms with Crippen LogP contribution >= 0.6 is 22.9 Å². The number of hydrogen-bond acceptors (Lipinski definition) is 6. The Morgan fingerprint density at radius 1 is 1.24 bits per heavy atom. The minimum atomic E-state index is -0.755. The fourth-order valence-corrected chi connectivity index (χ4v) is 3.12. The number of anilines is 2. The highest BCUT2D eigenvalue weighted by Crippen LogP contribution is 2.27. The summed E-state index contributed by atoms with van der Waals surface area (Å²) in [5.74, 6) is -1.56. The lowest BCUT2D eigenvalue weighted by Crippen LogP contribution is -2.21. The molecular formula is C16H16ClN3O4S. The van der Waals surface area contributed by atoms with Crippen molar-refractivity contribution in [2.75, 3.05) is 17.2 Å². The Bertz CT molecular complexity index is 812. The minimum absolute atomic E-state index is 0.0195. The molecule has 1 aromatic carbocycles. The molecule has 132 valence electrons. The van der Waals surface area contributed by atoms with Gasteiger partial charge in [-0.1, -0.05) is 17.7 Å². The molecule has 0 unspecified atom stereocenters. The lowest BCUT2D eigenvalue weighted by molar-refractivity contribution is -0.119. The van der Waals surface area contributed by atoms with E-state index in [0.29, 0.717) is 10.7 Å². The highest BCUT2D eigenvalue weighted by Gasteiger charge is 2.16. The third kappa shape index (κ3) is 5.27. The number of hydrogen-bond donors (Lipinski definition) is 2. The largest absolute Gasteiger partial charge is 0.451 e. The zero-order chi connectivity index (χ0) is 18.6. The first-order valence-electron chi connectivity index (χ1n) is 7.23. The average Bonchev–Trinajstić information content (AvgIpc) is 2.96. The summed E-state index contributed by atoms with van der Waals surface area (Å²) in [4.78, 5) is 38.7. The second-order valence-corrected chi connectivity index (χ2v) is 6.55. The maximum absolute atomic E-state index is 12.0. The maximum atomic E-state index is 12.0. The van der Waals surface area contributed by atoms with Gasteiger partial charge in [-0.2, -0.15) is 0 Å². The van der Waals surface area contributed by atoms with Crippen LogP contribution in [0, 0.1) is 13.8 Å². The van der Waals surface area contributed by atoms with Crippen LogP contribution in [0.1, 0.15) is 28.5 Å². The van der Waals surface area contributed by atoms with Crippen molar-refractivity contribution in [1.82, 2.24) is 4.98 Å². The van der Waals surface area contributed by atoms with Crippen molar-refractivity contribution in [3.63, 3.8) is 0 Å². The number of carbonyl (C=O) groups excluding carboxylic acids is 3. The number of thiazole rings is 1. The Morgan fingerprint density at radius 3 is 2.60 bits per heavy atom. The molecule has 0 aliphatic heterocycles. The molecule has 0 aliphatic rings. The van der Waals surface area contributed by atoms with E-state index in [-0.39, 0.29) is 16.7 Å². The van der Waals surface area contributed by atoms with E-state index < -0.39 is 18.5 Å². The molecule has 0 saturated heterocycles. The molecule has 25 heavy (non-hydrogen) atoms. The smallest absolute Gasteiger partial charge is 0.358 e. The van der Waals surface area contributed by atoms with Gasteiger partial charge in [-0.25, -0.2) is 9.78 Å². The molecule has 0 atom stereocenters. The summed E-state index contributed by atoms with van der Waals surface area (Å²) in [6, 6.07) is 3.61. The van der Waals surface area contributed by atoms with Gasteiger partial charge in [-0.05, 0) is 31.0 Å². The molecule has 7 nitrogen and oxygen atoms in total. The molecule has 9 heteroatoms. The van der Waals surface area contributed by atoms with Crippen LogP contribution in [-0.4, -0.2) is 29.4 Å². The van der Waals surface area contributed by atoms with Crippen LogP contribution in [0.15, 0.2) is 17.5 Å². The van der Waals surface area contributed by atoms with Crippen molar-refractivity contribution in [3.05, 3.63) is 39.4 Å². The third-order valence-electron chi connectivity index (χ3n) is 3.03. The van der Waals surface area contributed by atoms with Crippen molar-refractivity contribution >= 4 is 51.5 Å². The van der Waals surface area contributed by atoms with Gasteiger partial charge >= 0.3 is 5.97 Å². The average molecular weight is 382 g/mol. The van der Waals surface area contributed by atoms with Crippen molar-refractivity contribution in [2.24, 2.45) is 0 Å². The first kappa shape index (κ1) is 18.9. The van der Waals surface area contributed by atoms with Crippen LogP contribution in [0.2, 0.25) is 5.02 Å². The molecule has 0 bridgehead atoms. The highest BCUT2D eigenvalue weighted by molar-refractivity contribution is 7.14. The van der Waals surface area contributed by atoms with Crippen molar-refractivity contribution in [1.29, 1.82) is 0 Å². The van der Waals surface area contributed by atoms with E-state index in [1.807, 2.05) is 19.9 Å². The van der Waals surface area contributed by atoms with Gasteiger partial charge in [-0.3, -0.25) is 9.59 Å². The van der Waals surface area contributed by atoms with E-state index in [1.165, 1.54) is 12.3 Å². The van der Waals surface area contributed by atoms with Gasteiger partial charge in [0.1, 0.15) is 0 Å². The number of amides is 2. The predicted octanol–water partition coefficient (Wildman–Crippen LogP) is 3.17. The zero-order valence-corrected chi connectivity index (χ0v) is 15.4. The fraction of sp³-hybridized carbons (Fsp3) is 0.250. The van der Waals surface area contributed by atoms with Gasteiger partial charge in [-0.15, -0.1) is 11.3 Å². The Morgan fingerprint density at radius 2 is 1.96 bits per heavy atom. The van der Waals surface area contributed by atoms with Crippen LogP contribution in [0.4, 0.5) is 10.8 Å². The number of halogens is 1. The number of esters is 1. The van der Waals surface area contributed by atoms with E-state index >= 15 is 0 Å². The SMILES string of the molecule is CC(=O)Nc1nc(C(=O)OCC(=O)Nc2c(C)cc(C)cc2Cl)cs1. The topological polar surface area (TPSA) is 97.4 Å². The fourth-order valence-electron chi connectivity index (χ4n) is 2.03. The number of nitrogens with zero attached hydrogens (tertiary/aromatic N) is 1. The Labute approximate surface area is 153 Å². The number of nitrogens with one attached hydrogen (secondary N) is 2. The van der Waals surface area contributed by atoms with Gasteiger partial charge in [0.2, 0.25) is 5.91 Å². The van der Waals surface area contributed by atoms with Crippen LogP contribution in [-0.2, 0) is 14.3 Å². The molecule has 0 spiro atoms. The Kier molecular flexibility index (Phi) is 6.11. The molecule has 0 fully saturated rings. The number of aromatic nitrogens is 1. The number of rotatable bonds is 5. The second kappa shape index (κ2) is 8.09. The van der Waals surface area contributed by atoms with Gasteiger partial charge in [0, 0.05) is 12.3 Å². The lowest BCUT2D eigenvalue weighted by Gasteiger charge is -2.11. The van der Waals surface area contributed by atoms with Crippen molar-refractivity contribution in [2.45, 2.75) is 20.8 Å². The monoisotopic (exact) mass is 381 g/mol. The highest BCUT2D eigenvalue weighted by atomic mass is 35.5. The normalized spacial score (nSPS) is 10.2. The molecule has 2 amide bonds. The molecule has 0 saturated carbocycles. The number of carbonyl (C=O) groups is 3. The molecule has 1 heterocycles. The van der Waals surface area contributed by atoms with E-state index in [9.17, 15) is 14.4 Å². The van der Waals surface area contributed by atoms with Crippen molar-refractivity contribution < 1.29 is 19.1 Å². The third-order valence-corrected chi connectivity index (χ3v) is 4.08. The first-order chi connectivity index (χ1) is 11.8. The second-order valence-electron chi connectivity index (χ2n) is 5.28. The molecule has 0 aliphatic carbocycles. The summed E-state index contributed by atoms with van der Waals surface area (Å²) in [5.41, 5.74) is 2.29. The number of aryl methyl sites for hydroxylation is 2. The zero-order valence-electron chi connectivity index (χ0n) is 13.8. The molecule has 0 radical (unpaired) electrons. The summed E-state index contributed by atoms with van der Waals surface area (Å²) in [7, 11) is 0. The van der Waals surface area contributed by atoms with Crippen LogP contribution < -0.4 is 10.6 Å². The Hall–Kier alpha value is -2.45. The predicted molar refractivity (Wildman–Crippen MR) is 96.3 cm³/mol. The molecule has 2 rings (SSSR count).